The van der Waals surface area contributed by atoms with Crippen molar-refractivity contribution in [1.82, 2.24) is 10.9 Å². The molecule has 0 spiro atoms. The van der Waals surface area contributed by atoms with Crippen LogP contribution in [0, 0.1) is 0 Å². The molecule has 0 aliphatic rings. The SMILES string of the molecule is CCOc1ccc(Br)cc1C(=O)NNC(=O)c1ccccc1OC. The number of hydrogen-bond donors (Lipinski definition) is 2. The molecule has 0 saturated heterocycles. The van der Waals surface area contributed by atoms with Crippen molar-refractivity contribution in [2.45, 2.75) is 6.92 Å². The van der Waals surface area contributed by atoms with Gasteiger partial charge in [-0.2, -0.15) is 0 Å². The first-order valence-corrected chi connectivity index (χ1v) is 8.02. The van der Waals surface area contributed by atoms with E-state index in [0.29, 0.717) is 29.2 Å². The summed E-state index contributed by atoms with van der Waals surface area (Å²) in [6.45, 7) is 2.25. The minimum Gasteiger partial charge on any atom is -0.496 e. The van der Waals surface area contributed by atoms with Crippen molar-refractivity contribution in [3.05, 3.63) is 58.1 Å². The van der Waals surface area contributed by atoms with Gasteiger partial charge >= 0.3 is 0 Å². The van der Waals surface area contributed by atoms with Gasteiger partial charge in [-0.3, -0.25) is 20.4 Å². The third kappa shape index (κ3) is 4.26. The number of benzene rings is 2. The van der Waals surface area contributed by atoms with E-state index in [1.54, 1.807) is 42.5 Å². The zero-order valence-electron chi connectivity index (χ0n) is 13.3. The van der Waals surface area contributed by atoms with Crippen molar-refractivity contribution in [3.8, 4) is 11.5 Å². The molecule has 2 rings (SSSR count). The number of hydrazine groups is 1. The lowest BCUT2D eigenvalue weighted by atomic mass is 10.2. The van der Waals surface area contributed by atoms with Gasteiger partial charge in [-0.1, -0.05) is 28.1 Å². The van der Waals surface area contributed by atoms with Gasteiger partial charge in [0.1, 0.15) is 11.5 Å². The summed E-state index contributed by atoms with van der Waals surface area (Å²) in [5.74, 6) is -0.108. The Morgan fingerprint density at radius 3 is 2.33 bits per heavy atom. The van der Waals surface area contributed by atoms with E-state index in [9.17, 15) is 9.59 Å². The van der Waals surface area contributed by atoms with E-state index in [1.807, 2.05) is 6.92 Å². The maximum absolute atomic E-state index is 12.3. The van der Waals surface area contributed by atoms with E-state index >= 15 is 0 Å². The monoisotopic (exact) mass is 392 g/mol. The van der Waals surface area contributed by atoms with Crippen molar-refractivity contribution in [2.24, 2.45) is 0 Å². The lowest BCUT2D eigenvalue weighted by molar-refractivity contribution is 0.0842. The van der Waals surface area contributed by atoms with Gasteiger partial charge in [0.25, 0.3) is 11.8 Å². The second-order valence-corrected chi connectivity index (χ2v) is 5.60. The van der Waals surface area contributed by atoms with E-state index in [2.05, 4.69) is 26.8 Å². The Balaban J connectivity index is 2.10. The minimum atomic E-state index is -0.483. The van der Waals surface area contributed by atoms with E-state index in [1.165, 1.54) is 7.11 Å². The van der Waals surface area contributed by atoms with E-state index in [4.69, 9.17) is 9.47 Å². The highest BCUT2D eigenvalue weighted by molar-refractivity contribution is 9.10. The van der Waals surface area contributed by atoms with Crippen LogP contribution >= 0.6 is 15.9 Å². The molecule has 0 aliphatic heterocycles. The normalized spacial score (nSPS) is 9.96. The molecule has 6 nitrogen and oxygen atoms in total. The molecular weight excluding hydrogens is 376 g/mol. The number of amides is 2. The third-order valence-electron chi connectivity index (χ3n) is 3.13. The summed E-state index contributed by atoms with van der Waals surface area (Å²) in [6.07, 6.45) is 0. The molecule has 2 aromatic rings. The Hall–Kier alpha value is -2.54. The van der Waals surface area contributed by atoms with Crippen molar-refractivity contribution >= 4 is 27.7 Å². The predicted molar refractivity (Wildman–Crippen MR) is 93.2 cm³/mol. The number of ether oxygens (including phenoxy) is 2. The maximum atomic E-state index is 12.3. The van der Waals surface area contributed by atoms with Crippen LogP contribution in [0.15, 0.2) is 46.9 Å². The van der Waals surface area contributed by atoms with Crippen LogP contribution in [0.5, 0.6) is 11.5 Å². The van der Waals surface area contributed by atoms with Crippen LogP contribution in [0.4, 0.5) is 0 Å². The summed E-state index contributed by atoms with van der Waals surface area (Å²) in [5.41, 5.74) is 5.38. The van der Waals surface area contributed by atoms with Crippen LogP contribution in [-0.2, 0) is 0 Å². The highest BCUT2D eigenvalue weighted by atomic mass is 79.9. The second kappa shape index (κ2) is 8.35. The Labute approximate surface area is 148 Å². The largest absolute Gasteiger partial charge is 0.496 e. The summed E-state index contributed by atoms with van der Waals surface area (Å²) in [5, 5.41) is 0. The van der Waals surface area contributed by atoms with E-state index < -0.39 is 11.8 Å². The molecule has 0 atom stereocenters. The molecule has 0 radical (unpaired) electrons. The van der Waals surface area contributed by atoms with Crippen molar-refractivity contribution in [3.63, 3.8) is 0 Å². The molecule has 2 aromatic carbocycles. The standard InChI is InChI=1S/C17H17BrN2O4/c1-3-24-15-9-8-11(18)10-13(15)17(22)20-19-16(21)12-6-4-5-7-14(12)23-2/h4-10H,3H2,1-2H3,(H,19,21)(H,20,22). The summed E-state index contributed by atoms with van der Waals surface area (Å²) in [4.78, 5) is 24.5. The van der Waals surface area contributed by atoms with Crippen LogP contribution in [0.2, 0.25) is 0 Å². The fourth-order valence-corrected chi connectivity index (χ4v) is 2.40. The number of carbonyl (C=O) groups is 2. The van der Waals surface area contributed by atoms with E-state index in [0.717, 1.165) is 4.47 Å². The van der Waals surface area contributed by atoms with E-state index in [-0.39, 0.29) is 0 Å². The fourth-order valence-electron chi connectivity index (χ4n) is 2.04. The van der Waals surface area contributed by atoms with Gasteiger partial charge in [-0.25, -0.2) is 0 Å². The number of methoxy groups -OCH3 is 1. The van der Waals surface area contributed by atoms with Crippen molar-refractivity contribution in [2.75, 3.05) is 13.7 Å². The van der Waals surface area contributed by atoms with Gasteiger partial charge in [-0.05, 0) is 37.3 Å². The van der Waals surface area contributed by atoms with Crippen molar-refractivity contribution in [1.29, 1.82) is 0 Å². The Morgan fingerprint density at radius 2 is 1.67 bits per heavy atom. The van der Waals surface area contributed by atoms with Crippen LogP contribution in [0.1, 0.15) is 27.6 Å². The molecule has 0 fully saturated rings. The van der Waals surface area contributed by atoms with Crippen LogP contribution in [0.25, 0.3) is 0 Å². The molecule has 0 saturated carbocycles. The van der Waals surface area contributed by atoms with Crippen molar-refractivity contribution < 1.29 is 19.1 Å². The average molecular weight is 393 g/mol. The number of rotatable bonds is 5. The molecule has 7 heteroatoms. The fraction of sp³-hybridized carbons (Fsp3) is 0.176. The van der Waals surface area contributed by atoms with Crippen LogP contribution in [-0.4, -0.2) is 25.5 Å². The Kier molecular flexibility index (Phi) is 6.20. The van der Waals surface area contributed by atoms with Gasteiger partial charge in [0.2, 0.25) is 0 Å². The first-order valence-electron chi connectivity index (χ1n) is 7.22. The van der Waals surface area contributed by atoms with Gasteiger partial charge in [-0.15, -0.1) is 0 Å². The van der Waals surface area contributed by atoms with Crippen LogP contribution in [0.3, 0.4) is 0 Å². The smallest absolute Gasteiger partial charge is 0.273 e. The summed E-state index contributed by atoms with van der Waals surface area (Å²) < 4.78 is 11.3. The molecule has 0 bridgehead atoms. The Morgan fingerprint density at radius 1 is 1.00 bits per heavy atom. The lowest BCUT2D eigenvalue weighted by Gasteiger charge is -2.13. The summed E-state index contributed by atoms with van der Waals surface area (Å²) in [6, 6.07) is 11.8. The number of halogens is 1. The molecule has 126 valence electrons. The molecule has 0 aromatic heterocycles. The summed E-state index contributed by atoms with van der Waals surface area (Å²) >= 11 is 3.31. The molecule has 0 unspecified atom stereocenters. The number of hydrogen-bond acceptors (Lipinski definition) is 4. The molecule has 2 N–H and O–H groups in total. The lowest BCUT2D eigenvalue weighted by Crippen LogP contribution is -2.41. The number of para-hydroxylation sites is 1. The number of carbonyl (C=O) groups excluding carboxylic acids is 2. The summed E-state index contributed by atoms with van der Waals surface area (Å²) in [7, 11) is 1.47. The first kappa shape index (κ1) is 17.8. The second-order valence-electron chi connectivity index (χ2n) is 4.68. The molecule has 0 heterocycles. The van der Waals surface area contributed by atoms with Gasteiger partial charge in [0.05, 0.1) is 24.8 Å². The topological polar surface area (TPSA) is 76.7 Å². The van der Waals surface area contributed by atoms with Gasteiger partial charge in [0.15, 0.2) is 0 Å². The quantitative estimate of drug-likeness (QED) is 0.766. The van der Waals surface area contributed by atoms with Crippen LogP contribution < -0.4 is 20.3 Å². The minimum absolute atomic E-state index is 0.312. The maximum Gasteiger partial charge on any atom is 0.273 e. The molecule has 24 heavy (non-hydrogen) atoms. The molecule has 2 amide bonds. The zero-order chi connectivity index (χ0) is 17.5. The van der Waals surface area contributed by atoms with Gasteiger partial charge in [0, 0.05) is 4.47 Å². The highest BCUT2D eigenvalue weighted by Crippen LogP contribution is 2.23. The Bertz CT molecular complexity index is 749. The van der Waals surface area contributed by atoms with Gasteiger partial charge < -0.3 is 9.47 Å². The highest BCUT2D eigenvalue weighted by Gasteiger charge is 2.16. The molecular formula is C17H17BrN2O4. The number of nitrogens with one attached hydrogen (secondary N) is 2. The third-order valence-corrected chi connectivity index (χ3v) is 3.62. The average Bonchev–Trinajstić information content (AvgIpc) is 2.61. The first-order chi connectivity index (χ1) is 11.6. The molecule has 0 aliphatic carbocycles. The zero-order valence-corrected chi connectivity index (χ0v) is 14.8. The predicted octanol–water partition coefficient (Wildman–Crippen LogP) is 2.93.